The molecule has 1 aliphatic rings. The first-order valence-electron chi connectivity index (χ1n) is 5.87. The summed E-state index contributed by atoms with van der Waals surface area (Å²) < 4.78 is 6.49. The monoisotopic (exact) mass is 423 g/mol. The summed E-state index contributed by atoms with van der Waals surface area (Å²) in [7, 11) is 0. The van der Waals surface area contributed by atoms with Gasteiger partial charge >= 0.3 is 0 Å². The number of amides is 1. The van der Waals surface area contributed by atoms with Gasteiger partial charge in [-0.05, 0) is 59.7 Å². The van der Waals surface area contributed by atoms with Gasteiger partial charge in [0, 0.05) is 27.7 Å². The average molecular weight is 424 g/mol. The Hall–Kier alpha value is -0.140. The summed E-state index contributed by atoms with van der Waals surface area (Å²) in [6.07, 6.45) is 1.71. The second-order valence-electron chi connectivity index (χ2n) is 4.49. The van der Waals surface area contributed by atoms with E-state index in [9.17, 15) is 4.79 Å². The standard InChI is InChI=1S/C13H15BrINO2/c14-9-13(5-7-18-8-6-13)16-12(17)10-1-3-11(15)4-2-10/h1-4H,5-9H2,(H,16,17). The van der Waals surface area contributed by atoms with Crippen molar-refractivity contribution < 1.29 is 9.53 Å². The van der Waals surface area contributed by atoms with Crippen LogP contribution in [0.15, 0.2) is 24.3 Å². The minimum Gasteiger partial charge on any atom is -0.381 e. The van der Waals surface area contributed by atoms with Crippen molar-refractivity contribution in [3.8, 4) is 0 Å². The summed E-state index contributed by atoms with van der Waals surface area (Å²) in [6.45, 7) is 1.41. The quantitative estimate of drug-likeness (QED) is 0.599. The van der Waals surface area contributed by atoms with Gasteiger partial charge in [0.1, 0.15) is 0 Å². The number of rotatable bonds is 3. The molecule has 5 heteroatoms. The molecule has 1 N–H and O–H groups in total. The summed E-state index contributed by atoms with van der Waals surface area (Å²) >= 11 is 5.74. The first kappa shape index (κ1) is 14.3. The molecule has 0 saturated carbocycles. The van der Waals surface area contributed by atoms with E-state index in [-0.39, 0.29) is 11.4 Å². The van der Waals surface area contributed by atoms with Crippen molar-refractivity contribution >= 4 is 44.4 Å². The topological polar surface area (TPSA) is 38.3 Å². The van der Waals surface area contributed by atoms with Crippen molar-refractivity contribution in [1.82, 2.24) is 5.32 Å². The van der Waals surface area contributed by atoms with E-state index in [1.54, 1.807) is 0 Å². The highest BCUT2D eigenvalue weighted by Crippen LogP contribution is 2.23. The van der Waals surface area contributed by atoms with Crippen molar-refractivity contribution in [3.63, 3.8) is 0 Å². The van der Waals surface area contributed by atoms with Gasteiger partial charge in [0.25, 0.3) is 5.91 Å². The molecule has 0 aromatic heterocycles. The lowest BCUT2D eigenvalue weighted by Gasteiger charge is -2.36. The molecule has 1 saturated heterocycles. The summed E-state index contributed by atoms with van der Waals surface area (Å²) in [5, 5.41) is 3.91. The third kappa shape index (κ3) is 3.45. The third-order valence-corrected chi connectivity index (χ3v) is 4.98. The zero-order valence-electron chi connectivity index (χ0n) is 9.92. The molecule has 1 fully saturated rings. The fraction of sp³-hybridized carbons (Fsp3) is 0.462. The van der Waals surface area contributed by atoms with E-state index in [1.165, 1.54) is 0 Å². The van der Waals surface area contributed by atoms with Crippen LogP contribution in [0.25, 0.3) is 0 Å². The van der Waals surface area contributed by atoms with E-state index in [1.807, 2.05) is 24.3 Å². The molecule has 1 aromatic rings. The molecule has 3 nitrogen and oxygen atoms in total. The molecular weight excluding hydrogens is 409 g/mol. The van der Waals surface area contributed by atoms with Crippen LogP contribution in [0.4, 0.5) is 0 Å². The van der Waals surface area contributed by atoms with Crippen LogP contribution in [0, 0.1) is 3.57 Å². The van der Waals surface area contributed by atoms with E-state index < -0.39 is 0 Å². The molecule has 0 unspecified atom stereocenters. The Labute approximate surface area is 129 Å². The van der Waals surface area contributed by atoms with Crippen molar-refractivity contribution in [2.75, 3.05) is 18.5 Å². The minimum absolute atomic E-state index is 0.00671. The maximum absolute atomic E-state index is 12.2. The molecule has 98 valence electrons. The van der Waals surface area contributed by atoms with Crippen LogP contribution < -0.4 is 5.32 Å². The van der Waals surface area contributed by atoms with Gasteiger partial charge in [0.15, 0.2) is 0 Å². The number of hydrogen-bond donors (Lipinski definition) is 1. The highest BCUT2D eigenvalue weighted by atomic mass is 127. The smallest absolute Gasteiger partial charge is 0.251 e. The van der Waals surface area contributed by atoms with E-state index in [0.29, 0.717) is 18.8 Å². The molecule has 0 radical (unpaired) electrons. The van der Waals surface area contributed by atoms with Crippen molar-refractivity contribution in [2.24, 2.45) is 0 Å². The maximum Gasteiger partial charge on any atom is 0.251 e. The highest BCUT2D eigenvalue weighted by Gasteiger charge is 2.33. The molecule has 0 atom stereocenters. The van der Waals surface area contributed by atoms with E-state index in [0.717, 1.165) is 21.7 Å². The first-order chi connectivity index (χ1) is 8.65. The van der Waals surface area contributed by atoms with Crippen molar-refractivity contribution in [1.29, 1.82) is 0 Å². The number of alkyl halides is 1. The van der Waals surface area contributed by atoms with Crippen LogP contribution in [0.2, 0.25) is 0 Å². The summed E-state index contributed by atoms with van der Waals surface area (Å²) in [4.78, 5) is 12.2. The van der Waals surface area contributed by atoms with E-state index in [4.69, 9.17) is 4.74 Å². The zero-order chi connectivity index (χ0) is 13.0. The van der Waals surface area contributed by atoms with Gasteiger partial charge in [-0.15, -0.1) is 0 Å². The van der Waals surface area contributed by atoms with Gasteiger partial charge in [-0.1, -0.05) is 15.9 Å². The minimum atomic E-state index is -0.168. The molecule has 2 rings (SSSR count). The Kier molecular flexibility index (Phi) is 5.03. The number of ether oxygens (including phenoxy) is 1. The summed E-state index contributed by atoms with van der Waals surface area (Å²) in [5.41, 5.74) is 0.542. The van der Waals surface area contributed by atoms with E-state index in [2.05, 4.69) is 43.8 Å². The fourth-order valence-corrected chi connectivity index (χ4v) is 3.03. The van der Waals surface area contributed by atoms with Gasteiger partial charge in [0.05, 0.1) is 5.54 Å². The molecule has 0 spiro atoms. The summed E-state index contributed by atoms with van der Waals surface area (Å²) in [6, 6.07) is 7.61. The Morgan fingerprint density at radius 1 is 1.33 bits per heavy atom. The second-order valence-corrected chi connectivity index (χ2v) is 6.29. The normalized spacial score (nSPS) is 18.3. The molecule has 1 amide bonds. The number of hydrogen-bond acceptors (Lipinski definition) is 2. The first-order valence-corrected chi connectivity index (χ1v) is 8.07. The Bertz CT molecular complexity index is 416. The molecule has 0 bridgehead atoms. The zero-order valence-corrected chi connectivity index (χ0v) is 13.7. The van der Waals surface area contributed by atoms with Crippen molar-refractivity contribution in [2.45, 2.75) is 18.4 Å². The van der Waals surface area contributed by atoms with Gasteiger partial charge in [-0.3, -0.25) is 4.79 Å². The molecule has 0 aliphatic carbocycles. The Morgan fingerprint density at radius 2 is 1.94 bits per heavy atom. The van der Waals surface area contributed by atoms with Crippen LogP contribution in [-0.4, -0.2) is 30.0 Å². The number of benzene rings is 1. The predicted molar refractivity (Wildman–Crippen MR) is 83.2 cm³/mol. The highest BCUT2D eigenvalue weighted by molar-refractivity contribution is 14.1. The van der Waals surface area contributed by atoms with Crippen LogP contribution in [-0.2, 0) is 4.74 Å². The number of carbonyl (C=O) groups excluding carboxylic acids is 1. The van der Waals surface area contributed by atoms with Gasteiger partial charge in [-0.25, -0.2) is 0 Å². The van der Waals surface area contributed by atoms with Crippen LogP contribution >= 0.6 is 38.5 Å². The van der Waals surface area contributed by atoms with Gasteiger partial charge < -0.3 is 10.1 Å². The number of carbonyl (C=O) groups is 1. The van der Waals surface area contributed by atoms with Crippen LogP contribution in [0.3, 0.4) is 0 Å². The lowest BCUT2D eigenvalue weighted by atomic mass is 9.92. The lowest BCUT2D eigenvalue weighted by molar-refractivity contribution is 0.0442. The van der Waals surface area contributed by atoms with Gasteiger partial charge in [-0.2, -0.15) is 0 Å². The maximum atomic E-state index is 12.2. The largest absolute Gasteiger partial charge is 0.381 e. The molecule has 18 heavy (non-hydrogen) atoms. The van der Waals surface area contributed by atoms with Crippen LogP contribution in [0.1, 0.15) is 23.2 Å². The predicted octanol–water partition coefficient (Wildman–Crippen LogP) is 2.97. The molecule has 1 heterocycles. The molecule has 1 aliphatic heterocycles. The fourth-order valence-electron chi connectivity index (χ4n) is 1.97. The molecular formula is C13H15BrINO2. The van der Waals surface area contributed by atoms with Crippen molar-refractivity contribution in [3.05, 3.63) is 33.4 Å². The lowest BCUT2D eigenvalue weighted by Crippen LogP contribution is -2.53. The SMILES string of the molecule is O=C(NC1(CBr)CCOCC1)c1ccc(I)cc1. The second kappa shape index (κ2) is 6.34. The van der Waals surface area contributed by atoms with E-state index >= 15 is 0 Å². The van der Waals surface area contributed by atoms with Gasteiger partial charge in [0.2, 0.25) is 0 Å². The Morgan fingerprint density at radius 3 is 2.50 bits per heavy atom. The summed E-state index contributed by atoms with van der Waals surface area (Å²) in [5.74, 6) is -0.00671. The Balaban J connectivity index is 2.07. The number of halogens is 2. The van der Waals surface area contributed by atoms with Crippen LogP contribution in [0.5, 0.6) is 0 Å². The average Bonchev–Trinajstić information content (AvgIpc) is 2.40. The number of nitrogens with one attached hydrogen (secondary N) is 1. The third-order valence-electron chi connectivity index (χ3n) is 3.19. The molecule has 1 aromatic carbocycles.